The fourth-order valence-electron chi connectivity index (χ4n) is 2.66. The van der Waals surface area contributed by atoms with Gasteiger partial charge in [0, 0.05) is 11.8 Å². The third kappa shape index (κ3) is 5.04. The van der Waals surface area contributed by atoms with E-state index in [1.165, 1.54) is 0 Å². The number of carbonyl (C=O) groups excluding carboxylic acids is 1. The minimum absolute atomic E-state index is 0.0570. The highest BCUT2D eigenvalue weighted by Crippen LogP contribution is 2.23. The summed E-state index contributed by atoms with van der Waals surface area (Å²) in [6.07, 6.45) is 10.9. The topological polar surface area (TPSA) is 71.1 Å². The van der Waals surface area contributed by atoms with E-state index in [1.54, 1.807) is 30.9 Å². The van der Waals surface area contributed by atoms with Gasteiger partial charge in [0.1, 0.15) is 7.05 Å². The van der Waals surface area contributed by atoms with Crippen molar-refractivity contribution in [3.05, 3.63) is 89.0 Å². The van der Waals surface area contributed by atoms with Crippen LogP contribution in [-0.2, 0) is 0 Å². The fraction of sp³-hybridized carbons (Fsp3) is 0.190. The number of carbonyl (C=O) groups is 1. The van der Waals surface area contributed by atoms with Crippen molar-refractivity contribution in [3.8, 4) is 0 Å². The standard InChI is InChI=1S/C21H23N5O/c1-15-9-19(12-22-11-15)25-21(27)18-6-4-5-17(10-18)16(2)23-7-8-24-20-13-26(3)14-20/h4-14,16,24H,1-3H3,(H,25,27). The van der Waals surface area contributed by atoms with Crippen molar-refractivity contribution >= 4 is 17.8 Å². The number of anilines is 1. The number of pyridine rings is 1. The second-order valence-electron chi connectivity index (χ2n) is 6.49. The van der Waals surface area contributed by atoms with Gasteiger partial charge in [-0.15, -0.1) is 0 Å². The molecule has 1 atom stereocenters. The highest BCUT2D eigenvalue weighted by atomic mass is 16.1. The van der Waals surface area contributed by atoms with Crippen LogP contribution in [0.1, 0.15) is 34.5 Å². The molecule has 1 aliphatic rings. The Labute approximate surface area is 159 Å². The van der Waals surface area contributed by atoms with Crippen LogP contribution in [0.25, 0.3) is 5.32 Å². The number of nitrogens with one attached hydrogen (secondary N) is 2. The molecule has 0 spiro atoms. The molecule has 1 aliphatic heterocycles. The van der Waals surface area contributed by atoms with Crippen molar-refractivity contribution in [1.29, 1.82) is 0 Å². The number of rotatable bonds is 7. The molecule has 27 heavy (non-hydrogen) atoms. The van der Waals surface area contributed by atoms with Gasteiger partial charge >= 0.3 is 0 Å². The fourth-order valence-corrected chi connectivity index (χ4v) is 2.66. The minimum Gasteiger partial charge on any atom is -0.683 e. The summed E-state index contributed by atoms with van der Waals surface area (Å²) in [6.45, 7) is 3.93. The summed E-state index contributed by atoms with van der Waals surface area (Å²) in [5.74, 6) is -0.162. The summed E-state index contributed by atoms with van der Waals surface area (Å²) in [4.78, 5) is 16.6. The Morgan fingerprint density at radius 2 is 2.11 bits per heavy atom. The van der Waals surface area contributed by atoms with E-state index < -0.39 is 0 Å². The summed E-state index contributed by atoms with van der Waals surface area (Å²) < 4.78 is 1.97. The van der Waals surface area contributed by atoms with Gasteiger partial charge in [-0.2, -0.15) is 6.20 Å². The number of allylic oxidation sites excluding steroid dienone is 1. The number of aryl methyl sites for hydroxylation is 1. The van der Waals surface area contributed by atoms with E-state index in [0.29, 0.717) is 11.3 Å². The second-order valence-corrected chi connectivity index (χ2v) is 6.49. The quantitative estimate of drug-likeness (QED) is 0.739. The van der Waals surface area contributed by atoms with E-state index in [2.05, 4.69) is 20.9 Å². The van der Waals surface area contributed by atoms with Crippen LogP contribution in [0.4, 0.5) is 5.69 Å². The molecule has 1 aromatic heterocycles. The molecule has 0 saturated heterocycles. The van der Waals surface area contributed by atoms with Gasteiger partial charge in [-0.3, -0.25) is 9.78 Å². The molecule has 2 N–H and O–H groups in total. The minimum atomic E-state index is -0.162. The predicted octanol–water partition coefficient (Wildman–Crippen LogP) is 3.71. The van der Waals surface area contributed by atoms with Gasteiger partial charge in [-0.05, 0) is 36.9 Å². The highest BCUT2D eigenvalue weighted by Gasteiger charge is 2.09. The monoisotopic (exact) mass is 361 g/mol. The van der Waals surface area contributed by atoms with E-state index in [-0.39, 0.29) is 11.9 Å². The largest absolute Gasteiger partial charge is 0.683 e. The Hall–Kier alpha value is -3.41. The molecule has 0 aliphatic carbocycles. The van der Waals surface area contributed by atoms with Gasteiger partial charge < -0.3 is 16.0 Å². The lowest BCUT2D eigenvalue weighted by atomic mass is 10.0. The predicted molar refractivity (Wildman–Crippen MR) is 108 cm³/mol. The van der Waals surface area contributed by atoms with E-state index in [1.807, 2.05) is 62.2 Å². The number of hydrogen-bond acceptors (Lipinski definition) is 3. The maximum atomic E-state index is 12.5. The Morgan fingerprint density at radius 3 is 2.85 bits per heavy atom. The average Bonchev–Trinajstić information content (AvgIpc) is 2.63. The van der Waals surface area contributed by atoms with Crippen molar-refractivity contribution in [2.24, 2.45) is 0 Å². The average molecular weight is 361 g/mol. The van der Waals surface area contributed by atoms with Crippen LogP contribution in [-0.4, -0.2) is 28.7 Å². The van der Waals surface area contributed by atoms with Crippen LogP contribution in [0.3, 0.4) is 0 Å². The van der Waals surface area contributed by atoms with Crippen LogP contribution in [0, 0.1) is 6.92 Å². The summed E-state index contributed by atoms with van der Waals surface area (Å²) in [6, 6.07) is 9.33. The molecule has 2 aromatic rings. The molecule has 1 unspecified atom stereocenters. The molecule has 0 fully saturated rings. The van der Waals surface area contributed by atoms with Gasteiger partial charge in [-0.1, -0.05) is 30.7 Å². The number of aromatic nitrogens is 1. The van der Waals surface area contributed by atoms with Crippen molar-refractivity contribution in [2.75, 3.05) is 12.4 Å². The zero-order chi connectivity index (χ0) is 19.2. The molecule has 6 heteroatoms. The first-order chi connectivity index (χ1) is 13.0. The molecule has 6 nitrogen and oxygen atoms in total. The molecule has 0 saturated carbocycles. The zero-order valence-corrected chi connectivity index (χ0v) is 15.7. The molecular weight excluding hydrogens is 338 g/mol. The van der Waals surface area contributed by atoms with Crippen LogP contribution in [0.5, 0.6) is 0 Å². The smallest absolute Gasteiger partial charge is 0.255 e. The Bertz CT molecular complexity index is 930. The van der Waals surface area contributed by atoms with Crippen LogP contribution < -0.4 is 10.6 Å². The number of benzene rings is 1. The van der Waals surface area contributed by atoms with E-state index in [4.69, 9.17) is 0 Å². The molecule has 3 rings (SSSR count). The van der Waals surface area contributed by atoms with Gasteiger partial charge in [0.2, 0.25) is 0 Å². The number of amides is 1. The maximum absolute atomic E-state index is 12.5. The molecule has 0 radical (unpaired) electrons. The summed E-state index contributed by atoms with van der Waals surface area (Å²) in [5, 5.41) is 10.5. The normalized spacial score (nSPS) is 14.0. The van der Waals surface area contributed by atoms with Crippen LogP contribution in [0.15, 0.2) is 67.0 Å². The lowest BCUT2D eigenvalue weighted by Gasteiger charge is -2.26. The molecular formula is C21H23N5O. The number of hydrogen-bond donors (Lipinski definition) is 2. The van der Waals surface area contributed by atoms with Gasteiger partial charge in [0.25, 0.3) is 5.91 Å². The van der Waals surface area contributed by atoms with E-state index in [0.717, 1.165) is 16.8 Å². The summed E-state index contributed by atoms with van der Waals surface area (Å²) in [5.41, 5.74) is 4.29. The second kappa shape index (κ2) is 8.31. The molecule has 1 amide bonds. The third-order valence-electron chi connectivity index (χ3n) is 4.08. The van der Waals surface area contributed by atoms with Crippen LogP contribution in [0.2, 0.25) is 0 Å². The first-order valence-electron chi connectivity index (χ1n) is 8.74. The Morgan fingerprint density at radius 1 is 1.30 bits per heavy atom. The van der Waals surface area contributed by atoms with Gasteiger partial charge in [0.15, 0.2) is 18.1 Å². The Balaban J connectivity index is 1.58. The lowest BCUT2D eigenvalue weighted by molar-refractivity contribution is -0.429. The van der Waals surface area contributed by atoms with E-state index >= 15 is 0 Å². The zero-order valence-electron chi connectivity index (χ0n) is 15.7. The lowest BCUT2D eigenvalue weighted by Crippen LogP contribution is -2.21. The maximum Gasteiger partial charge on any atom is 0.255 e. The van der Waals surface area contributed by atoms with Crippen molar-refractivity contribution < 1.29 is 9.37 Å². The van der Waals surface area contributed by atoms with Gasteiger partial charge in [-0.25, -0.2) is 4.58 Å². The number of nitrogens with zero attached hydrogens (tertiary/aromatic N) is 3. The molecule has 0 bridgehead atoms. The van der Waals surface area contributed by atoms with Gasteiger partial charge in [0.05, 0.1) is 11.9 Å². The first kappa shape index (κ1) is 18.4. The van der Waals surface area contributed by atoms with Crippen molar-refractivity contribution in [3.63, 3.8) is 0 Å². The van der Waals surface area contributed by atoms with Crippen LogP contribution >= 0.6 is 0 Å². The van der Waals surface area contributed by atoms with E-state index in [9.17, 15) is 4.79 Å². The molecule has 2 heterocycles. The van der Waals surface area contributed by atoms with Crippen molar-refractivity contribution in [1.82, 2.24) is 10.3 Å². The Kier molecular flexibility index (Phi) is 5.66. The third-order valence-corrected chi connectivity index (χ3v) is 4.08. The van der Waals surface area contributed by atoms with Crippen molar-refractivity contribution in [2.45, 2.75) is 19.9 Å². The molecule has 138 valence electrons. The highest BCUT2D eigenvalue weighted by molar-refractivity contribution is 6.04. The summed E-state index contributed by atoms with van der Waals surface area (Å²) >= 11 is 0. The SMILES string of the molecule is Cc1cncc(NC(=O)c2cccc(C(C)[N-]C=CNC3=C[N+](C)=C3)c2)c1. The molecule has 1 aromatic carbocycles. The summed E-state index contributed by atoms with van der Waals surface area (Å²) in [7, 11) is 1.97. The first-order valence-corrected chi connectivity index (χ1v) is 8.74.